The lowest BCUT2D eigenvalue weighted by Gasteiger charge is -2.18. The van der Waals surface area contributed by atoms with Crippen LogP contribution in [0.1, 0.15) is 18.1 Å². The number of anilines is 1. The molecule has 1 amide bonds. The Morgan fingerprint density at radius 2 is 1.67 bits per heavy atom. The summed E-state index contributed by atoms with van der Waals surface area (Å²) in [6, 6.07) is 12.9. The summed E-state index contributed by atoms with van der Waals surface area (Å²) in [5.74, 6) is 0.566. The highest BCUT2D eigenvalue weighted by Gasteiger charge is 2.16. The number of halogens is 1. The maximum absolute atomic E-state index is 12.2. The van der Waals surface area contributed by atoms with Crippen molar-refractivity contribution in [1.29, 1.82) is 0 Å². The van der Waals surface area contributed by atoms with Gasteiger partial charge in [0, 0.05) is 10.7 Å². The number of para-hydroxylation sites is 1. The summed E-state index contributed by atoms with van der Waals surface area (Å²) in [6.45, 7) is 5.66. The molecule has 0 saturated heterocycles. The van der Waals surface area contributed by atoms with E-state index < -0.39 is 6.10 Å². The second-order valence-corrected chi connectivity index (χ2v) is 5.41. The van der Waals surface area contributed by atoms with Gasteiger partial charge in [-0.05, 0) is 56.2 Å². The Morgan fingerprint density at radius 3 is 2.24 bits per heavy atom. The first kappa shape index (κ1) is 15.4. The number of ether oxygens (including phenoxy) is 1. The number of nitrogens with one attached hydrogen (secondary N) is 1. The molecule has 2 aromatic rings. The van der Waals surface area contributed by atoms with E-state index in [0.29, 0.717) is 10.7 Å². The highest BCUT2D eigenvalue weighted by molar-refractivity contribution is 6.30. The van der Waals surface area contributed by atoms with E-state index in [0.717, 1.165) is 16.9 Å². The Balaban J connectivity index is 2.04. The second-order valence-electron chi connectivity index (χ2n) is 4.98. The number of carbonyl (C=O) groups excluding carboxylic acids is 1. The van der Waals surface area contributed by atoms with Crippen LogP contribution in [0.15, 0.2) is 42.5 Å². The molecule has 0 fully saturated rings. The zero-order chi connectivity index (χ0) is 15.4. The molecule has 1 atom stereocenters. The van der Waals surface area contributed by atoms with Crippen molar-refractivity contribution in [1.82, 2.24) is 0 Å². The van der Waals surface area contributed by atoms with Gasteiger partial charge in [0.2, 0.25) is 0 Å². The lowest BCUT2D eigenvalue weighted by atomic mass is 10.1. The van der Waals surface area contributed by atoms with E-state index in [1.165, 1.54) is 0 Å². The van der Waals surface area contributed by atoms with E-state index >= 15 is 0 Å². The molecule has 0 aliphatic heterocycles. The minimum Gasteiger partial charge on any atom is -0.480 e. The first-order chi connectivity index (χ1) is 9.97. The van der Waals surface area contributed by atoms with Gasteiger partial charge in [-0.2, -0.15) is 0 Å². The maximum atomic E-state index is 12.2. The topological polar surface area (TPSA) is 38.3 Å². The van der Waals surface area contributed by atoms with Crippen molar-refractivity contribution in [3.8, 4) is 5.75 Å². The van der Waals surface area contributed by atoms with E-state index in [9.17, 15) is 4.79 Å². The molecule has 0 aliphatic rings. The molecule has 0 heterocycles. The minimum atomic E-state index is -0.583. The third-order valence-corrected chi connectivity index (χ3v) is 3.44. The van der Waals surface area contributed by atoms with Crippen molar-refractivity contribution in [2.24, 2.45) is 0 Å². The average Bonchev–Trinajstić information content (AvgIpc) is 2.45. The highest BCUT2D eigenvalue weighted by Crippen LogP contribution is 2.24. The summed E-state index contributed by atoms with van der Waals surface area (Å²) in [7, 11) is 0. The Kier molecular flexibility index (Phi) is 4.86. The van der Waals surface area contributed by atoms with Crippen LogP contribution in [-0.2, 0) is 4.79 Å². The van der Waals surface area contributed by atoms with E-state index in [1.54, 1.807) is 31.2 Å². The van der Waals surface area contributed by atoms with Gasteiger partial charge >= 0.3 is 0 Å². The van der Waals surface area contributed by atoms with Crippen molar-refractivity contribution in [2.45, 2.75) is 26.9 Å². The Labute approximate surface area is 129 Å². The first-order valence-corrected chi connectivity index (χ1v) is 7.14. The zero-order valence-electron chi connectivity index (χ0n) is 12.3. The van der Waals surface area contributed by atoms with Crippen molar-refractivity contribution < 1.29 is 9.53 Å². The fourth-order valence-corrected chi connectivity index (χ4v) is 2.12. The molecule has 110 valence electrons. The molecule has 0 aromatic heterocycles. The minimum absolute atomic E-state index is 0.194. The number of aryl methyl sites for hydroxylation is 2. The maximum Gasteiger partial charge on any atom is 0.265 e. The highest BCUT2D eigenvalue weighted by atomic mass is 35.5. The monoisotopic (exact) mass is 303 g/mol. The van der Waals surface area contributed by atoms with Gasteiger partial charge in [0.05, 0.1) is 0 Å². The van der Waals surface area contributed by atoms with Crippen LogP contribution in [0.25, 0.3) is 0 Å². The fraction of sp³-hybridized carbons (Fsp3) is 0.235. The predicted octanol–water partition coefficient (Wildman–Crippen LogP) is 4.36. The SMILES string of the molecule is Cc1cccc(C)c1O[C@@H](C)C(=O)Nc1ccc(Cl)cc1. The molecule has 3 nitrogen and oxygen atoms in total. The largest absolute Gasteiger partial charge is 0.480 e. The Morgan fingerprint density at radius 1 is 1.10 bits per heavy atom. The third kappa shape index (κ3) is 3.99. The zero-order valence-corrected chi connectivity index (χ0v) is 13.1. The van der Waals surface area contributed by atoms with Crippen LogP contribution in [0, 0.1) is 13.8 Å². The number of rotatable bonds is 4. The molecule has 0 bridgehead atoms. The van der Waals surface area contributed by atoms with Gasteiger partial charge in [0.1, 0.15) is 5.75 Å². The van der Waals surface area contributed by atoms with Gasteiger partial charge in [-0.1, -0.05) is 29.8 Å². The van der Waals surface area contributed by atoms with Crippen LogP contribution in [0.2, 0.25) is 5.02 Å². The van der Waals surface area contributed by atoms with Crippen molar-refractivity contribution in [3.05, 3.63) is 58.6 Å². The van der Waals surface area contributed by atoms with Gasteiger partial charge in [-0.3, -0.25) is 4.79 Å². The molecule has 1 N–H and O–H groups in total. The van der Waals surface area contributed by atoms with Gasteiger partial charge in [-0.25, -0.2) is 0 Å². The van der Waals surface area contributed by atoms with Crippen molar-refractivity contribution in [2.75, 3.05) is 5.32 Å². The number of hydrogen-bond donors (Lipinski definition) is 1. The lowest BCUT2D eigenvalue weighted by Crippen LogP contribution is -2.30. The van der Waals surface area contributed by atoms with E-state index in [4.69, 9.17) is 16.3 Å². The van der Waals surface area contributed by atoms with Gasteiger partial charge in [0.25, 0.3) is 5.91 Å². The van der Waals surface area contributed by atoms with Crippen LogP contribution >= 0.6 is 11.6 Å². The second kappa shape index (κ2) is 6.64. The number of carbonyl (C=O) groups is 1. The van der Waals surface area contributed by atoms with E-state index in [1.807, 2.05) is 32.0 Å². The summed E-state index contributed by atoms with van der Waals surface area (Å²) in [5, 5.41) is 3.44. The molecular weight excluding hydrogens is 286 g/mol. The molecular formula is C17H18ClNO2. The summed E-state index contributed by atoms with van der Waals surface area (Å²) in [6.07, 6.45) is -0.583. The van der Waals surface area contributed by atoms with Crippen LogP contribution < -0.4 is 10.1 Å². The number of benzene rings is 2. The van der Waals surface area contributed by atoms with Crippen molar-refractivity contribution in [3.63, 3.8) is 0 Å². The lowest BCUT2D eigenvalue weighted by molar-refractivity contribution is -0.122. The van der Waals surface area contributed by atoms with Crippen LogP contribution in [0.4, 0.5) is 5.69 Å². The predicted molar refractivity (Wildman–Crippen MR) is 86.1 cm³/mol. The normalized spacial score (nSPS) is 11.8. The number of hydrogen-bond acceptors (Lipinski definition) is 2. The first-order valence-electron chi connectivity index (χ1n) is 6.76. The summed E-state index contributed by atoms with van der Waals surface area (Å²) in [4.78, 5) is 12.2. The van der Waals surface area contributed by atoms with E-state index in [2.05, 4.69) is 5.32 Å². The Bertz CT molecular complexity index is 617. The molecule has 0 saturated carbocycles. The smallest absolute Gasteiger partial charge is 0.265 e. The molecule has 0 unspecified atom stereocenters. The van der Waals surface area contributed by atoms with Crippen LogP contribution in [-0.4, -0.2) is 12.0 Å². The molecule has 2 aromatic carbocycles. The molecule has 0 radical (unpaired) electrons. The van der Waals surface area contributed by atoms with Crippen LogP contribution in [0.3, 0.4) is 0 Å². The molecule has 0 spiro atoms. The number of amides is 1. The van der Waals surface area contributed by atoms with Gasteiger partial charge < -0.3 is 10.1 Å². The van der Waals surface area contributed by atoms with Gasteiger partial charge in [0.15, 0.2) is 6.10 Å². The molecule has 4 heteroatoms. The summed E-state index contributed by atoms with van der Waals surface area (Å²) in [5.41, 5.74) is 2.73. The Hall–Kier alpha value is -2.00. The van der Waals surface area contributed by atoms with Crippen molar-refractivity contribution >= 4 is 23.2 Å². The fourth-order valence-electron chi connectivity index (χ4n) is 1.99. The summed E-state index contributed by atoms with van der Waals surface area (Å²) >= 11 is 5.82. The standard InChI is InChI=1S/C17H18ClNO2/c1-11-5-4-6-12(2)16(11)21-13(3)17(20)19-15-9-7-14(18)8-10-15/h4-10,13H,1-3H3,(H,19,20)/t13-/m0/s1. The molecule has 21 heavy (non-hydrogen) atoms. The van der Waals surface area contributed by atoms with Crippen LogP contribution in [0.5, 0.6) is 5.75 Å². The molecule has 2 rings (SSSR count). The van der Waals surface area contributed by atoms with E-state index in [-0.39, 0.29) is 5.91 Å². The van der Waals surface area contributed by atoms with Gasteiger partial charge in [-0.15, -0.1) is 0 Å². The quantitative estimate of drug-likeness (QED) is 0.911. The molecule has 0 aliphatic carbocycles. The summed E-state index contributed by atoms with van der Waals surface area (Å²) < 4.78 is 5.80. The third-order valence-electron chi connectivity index (χ3n) is 3.18. The average molecular weight is 304 g/mol.